The molecular weight excluding hydrogens is 226 g/mol. The Morgan fingerprint density at radius 3 is 2.83 bits per heavy atom. The van der Waals surface area contributed by atoms with Gasteiger partial charge in [0.05, 0.1) is 12.4 Å². The van der Waals surface area contributed by atoms with Crippen molar-refractivity contribution in [2.45, 2.75) is 33.0 Å². The molecule has 0 aliphatic rings. The average Bonchev–Trinajstić information content (AvgIpc) is 2.84. The summed E-state index contributed by atoms with van der Waals surface area (Å²) in [6, 6.07) is 8.11. The van der Waals surface area contributed by atoms with Gasteiger partial charge in [0.1, 0.15) is 5.75 Å². The minimum atomic E-state index is 0.193. The van der Waals surface area contributed by atoms with Gasteiger partial charge < -0.3 is 15.0 Å². The van der Waals surface area contributed by atoms with Crippen LogP contribution >= 0.6 is 0 Å². The van der Waals surface area contributed by atoms with E-state index in [2.05, 4.69) is 21.4 Å². The summed E-state index contributed by atoms with van der Waals surface area (Å²) in [6.45, 7) is 5.63. The minimum Gasteiger partial charge on any atom is -0.491 e. The first-order valence-corrected chi connectivity index (χ1v) is 6.18. The molecule has 4 nitrogen and oxygen atoms in total. The summed E-state index contributed by atoms with van der Waals surface area (Å²) >= 11 is 0. The van der Waals surface area contributed by atoms with Crippen molar-refractivity contribution in [3.8, 4) is 5.75 Å². The molecule has 0 aliphatic carbocycles. The topological polar surface area (TPSA) is 49.9 Å². The molecule has 0 bridgehead atoms. The van der Waals surface area contributed by atoms with Crippen LogP contribution in [0.25, 0.3) is 0 Å². The molecule has 0 unspecified atom stereocenters. The van der Waals surface area contributed by atoms with Crippen LogP contribution in [0.15, 0.2) is 36.8 Å². The molecule has 1 aromatic carbocycles. The van der Waals surface area contributed by atoms with Gasteiger partial charge in [0.2, 0.25) is 0 Å². The second-order valence-corrected chi connectivity index (χ2v) is 4.45. The number of hydrogen-bond donors (Lipinski definition) is 2. The molecule has 96 valence electrons. The van der Waals surface area contributed by atoms with E-state index in [0.717, 1.165) is 24.5 Å². The van der Waals surface area contributed by atoms with Crippen LogP contribution in [-0.2, 0) is 13.1 Å². The molecule has 0 atom stereocenters. The summed E-state index contributed by atoms with van der Waals surface area (Å²) < 4.78 is 5.77. The number of ether oxygens (including phenoxy) is 1. The summed E-state index contributed by atoms with van der Waals surface area (Å²) in [6.07, 6.45) is 3.70. The molecule has 0 radical (unpaired) electrons. The van der Waals surface area contributed by atoms with E-state index in [4.69, 9.17) is 4.74 Å². The standard InChI is InChI=1S/C14H19N3O/c1-11(2)18-14-6-4-3-5-12(14)7-15-8-13-9-16-10-17-13/h3-6,9-11,15H,7-8H2,1-2H3,(H,16,17). The number of aromatic nitrogens is 2. The Balaban J connectivity index is 1.92. The van der Waals surface area contributed by atoms with Crippen molar-refractivity contribution in [3.63, 3.8) is 0 Å². The normalized spacial score (nSPS) is 10.8. The van der Waals surface area contributed by atoms with Gasteiger partial charge in [0.25, 0.3) is 0 Å². The summed E-state index contributed by atoms with van der Waals surface area (Å²) in [5.41, 5.74) is 2.25. The average molecular weight is 245 g/mol. The number of aromatic amines is 1. The van der Waals surface area contributed by atoms with Crippen molar-refractivity contribution in [2.75, 3.05) is 0 Å². The largest absolute Gasteiger partial charge is 0.491 e. The van der Waals surface area contributed by atoms with Gasteiger partial charge in [-0.25, -0.2) is 4.98 Å². The SMILES string of the molecule is CC(C)Oc1ccccc1CNCc1cnc[nH]1. The van der Waals surface area contributed by atoms with Gasteiger partial charge in [-0.2, -0.15) is 0 Å². The van der Waals surface area contributed by atoms with Gasteiger partial charge >= 0.3 is 0 Å². The van der Waals surface area contributed by atoms with Crippen LogP contribution in [0, 0.1) is 0 Å². The number of para-hydroxylation sites is 1. The fraction of sp³-hybridized carbons (Fsp3) is 0.357. The molecule has 2 rings (SSSR count). The lowest BCUT2D eigenvalue weighted by Gasteiger charge is -2.14. The third kappa shape index (κ3) is 3.60. The highest BCUT2D eigenvalue weighted by Gasteiger charge is 2.04. The maximum atomic E-state index is 5.77. The Morgan fingerprint density at radius 2 is 2.11 bits per heavy atom. The lowest BCUT2D eigenvalue weighted by atomic mass is 10.2. The van der Waals surface area contributed by atoms with Crippen LogP contribution in [-0.4, -0.2) is 16.1 Å². The maximum absolute atomic E-state index is 5.77. The van der Waals surface area contributed by atoms with Gasteiger partial charge in [-0.05, 0) is 19.9 Å². The zero-order valence-electron chi connectivity index (χ0n) is 10.8. The quantitative estimate of drug-likeness (QED) is 0.822. The zero-order chi connectivity index (χ0) is 12.8. The van der Waals surface area contributed by atoms with Crippen molar-refractivity contribution < 1.29 is 4.74 Å². The Hall–Kier alpha value is -1.81. The predicted molar refractivity (Wildman–Crippen MR) is 71.3 cm³/mol. The number of nitrogens with one attached hydrogen (secondary N) is 2. The number of benzene rings is 1. The maximum Gasteiger partial charge on any atom is 0.124 e. The molecule has 4 heteroatoms. The zero-order valence-corrected chi connectivity index (χ0v) is 10.8. The molecule has 0 amide bonds. The smallest absolute Gasteiger partial charge is 0.124 e. The van der Waals surface area contributed by atoms with E-state index in [-0.39, 0.29) is 6.10 Å². The van der Waals surface area contributed by atoms with E-state index in [1.165, 1.54) is 5.56 Å². The van der Waals surface area contributed by atoms with Gasteiger partial charge in [-0.1, -0.05) is 18.2 Å². The Bertz CT molecular complexity index is 466. The number of H-pyrrole nitrogens is 1. The van der Waals surface area contributed by atoms with E-state index >= 15 is 0 Å². The van der Waals surface area contributed by atoms with Crippen molar-refractivity contribution in [1.82, 2.24) is 15.3 Å². The molecule has 0 fully saturated rings. The van der Waals surface area contributed by atoms with E-state index in [1.807, 2.05) is 38.2 Å². The summed E-state index contributed by atoms with van der Waals surface area (Å²) in [5, 5.41) is 3.37. The van der Waals surface area contributed by atoms with Crippen LogP contribution in [0.1, 0.15) is 25.1 Å². The molecule has 0 spiro atoms. The van der Waals surface area contributed by atoms with E-state index in [1.54, 1.807) is 6.33 Å². The predicted octanol–water partition coefficient (Wildman–Crippen LogP) is 2.49. The Kier molecular flexibility index (Phi) is 4.36. The van der Waals surface area contributed by atoms with Gasteiger partial charge in [-0.3, -0.25) is 0 Å². The third-order valence-corrected chi connectivity index (χ3v) is 2.52. The second kappa shape index (κ2) is 6.21. The highest BCUT2D eigenvalue weighted by atomic mass is 16.5. The minimum absolute atomic E-state index is 0.193. The Labute approximate surface area is 107 Å². The van der Waals surface area contributed by atoms with E-state index in [9.17, 15) is 0 Å². The summed E-state index contributed by atoms with van der Waals surface area (Å²) in [5.74, 6) is 0.949. The molecule has 1 heterocycles. The molecule has 2 N–H and O–H groups in total. The fourth-order valence-corrected chi connectivity index (χ4v) is 1.73. The van der Waals surface area contributed by atoms with Crippen molar-refractivity contribution in [2.24, 2.45) is 0 Å². The molecule has 1 aromatic heterocycles. The van der Waals surface area contributed by atoms with Crippen LogP contribution in [0.3, 0.4) is 0 Å². The van der Waals surface area contributed by atoms with Crippen LogP contribution in [0.4, 0.5) is 0 Å². The number of imidazole rings is 1. The first-order chi connectivity index (χ1) is 8.75. The van der Waals surface area contributed by atoms with Crippen molar-refractivity contribution in [1.29, 1.82) is 0 Å². The van der Waals surface area contributed by atoms with Crippen LogP contribution in [0.2, 0.25) is 0 Å². The van der Waals surface area contributed by atoms with Crippen LogP contribution in [0.5, 0.6) is 5.75 Å². The first-order valence-electron chi connectivity index (χ1n) is 6.18. The molecule has 0 saturated carbocycles. The molecular formula is C14H19N3O. The molecule has 0 saturated heterocycles. The highest BCUT2D eigenvalue weighted by molar-refractivity contribution is 5.33. The summed E-state index contributed by atoms with van der Waals surface area (Å²) in [4.78, 5) is 7.05. The van der Waals surface area contributed by atoms with Crippen molar-refractivity contribution >= 4 is 0 Å². The van der Waals surface area contributed by atoms with Gasteiger partial charge in [0, 0.05) is 30.5 Å². The highest BCUT2D eigenvalue weighted by Crippen LogP contribution is 2.19. The number of nitrogens with zero attached hydrogens (tertiary/aromatic N) is 1. The summed E-state index contributed by atoms with van der Waals surface area (Å²) in [7, 11) is 0. The van der Waals surface area contributed by atoms with Gasteiger partial charge in [-0.15, -0.1) is 0 Å². The number of rotatable bonds is 6. The second-order valence-electron chi connectivity index (χ2n) is 4.45. The molecule has 18 heavy (non-hydrogen) atoms. The first kappa shape index (κ1) is 12.6. The van der Waals surface area contributed by atoms with E-state index < -0.39 is 0 Å². The third-order valence-electron chi connectivity index (χ3n) is 2.52. The fourth-order valence-electron chi connectivity index (χ4n) is 1.73. The van der Waals surface area contributed by atoms with E-state index in [0.29, 0.717) is 0 Å². The van der Waals surface area contributed by atoms with Crippen LogP contribution < -0.4 is 10.1 Å². The van der Waals surface area contributed by atoms with Crippen molar-refractivity contribution in [3.05, 3.63) is 48.0 Å². The number of hydrogen-bond acceptors (Lipinski definition) is 3. The monoisotopic (exact) mass is 245 g/mol. The molecule has 0 aliphatic heterocycles. The lowest BCUT2D eigenvalue weighted by Crippen LogP contribution is -2.15. The lowest BCUT2D eigenvalue weighted by molar-refractivity contribution is 0.239. The Morgan fingerprint density at radius 1 is 1.28 bits per heavy atom. The van der Waals surface area contributed by atoms with Gasteiger partial charge in [0.15, 0.2) is 0 Å². The molecule has 2 aromatic rings.